The molecule has 0 bridgehead atoms. The Bertz CT molecular complexity index is 824. The van der Waals surface area contributed by atoms with Crippen LogP contribution in [0.5, 0.6) is 11.5 Å². The Morgan fingerprint density at radius 1 is 1.21 bits per heavy atom. The van der Waals surface area contributed by atoms with Crippen molar-refractivity contribution in [2.24, 2.45) is 0 Å². The van der Waals surface area contributed by atoms with Gasteiger partial charge >= 0.3 is 6.03 Å². The molecular weight excluding hydrogens is 372 g/mol. The molecule has 2 heterocycles. The normalized spacial score (nSPS) is 14.8. The van der Waals surface area contributed by atoms with Crippen LogP contribution in [0.3, 0.4) is 0 Å². The van der Waals surface area contributed by atoms with E-state index in [4.69, 9.17) is 14.2 Å². The second-order valence-corrected chi connectivity index (χ2v) is 6.75. The first kappa shape index (κ1) is 20.7. The van der Waals surface area contributed by atoms with E-state index in [1.54, 1.807) is 20.4 Å². The molecule has 1 atom stereocenters. The highest BCUT2D eigenvalue weighted by atomic mass is 16.5. The summed E-state index contributed by atoms with van der Waals surface area (Å²) in [7, 11) is 3.18. The lowest BCUT2D eigenvalue weighted by Crippen LogP contribution is -2.39. The van der Waals surface area contributed by atoms with E-state index in [1.807, 2.05) is 37.3 Å². The van der Waals surface area contributed by atoms with E-state index in [0.29, 0.717) is 31.3 Å². The number of methoxy groups -OCH3 is 2. The molecular formula is C21H28N4O4. The van der Waals surface area contributed by atoms with Crippen LogP contribution in [0.1, 0.15) is 24.1 Å². The first-order valence-corrected chi connectivity index (χ1v) is 9.65. The topological polar surface area (TPSA) is 85.0 Å². The van der Waals surface area contributed by atoms with Gasteiger partial charge in [-0.15, -0.1) is 0 Å². The zero-order valence-corrected chi connectivity index (χ0v) is 17.1. The van der Waals surface area contributed by atoms with Gasteiger partial charge in [-0.1, -0.05) is 12.1 Å². The fraction of sp³-hybridized carbons (Fsp3) is 0.429. The van der Waals surface area contributed by atoms with Crippen molar-refractivity contribution in [3.8, 4) is 11.5 Å². The number of amides is 2. The van der Waals surface area contributed by atoms with E-state index < -0.39 is 0 Å². The lowest BCUT2D eigenvalue weighted by atomic mass is 10.1. The average Bonchev–Trinajstić information content (AvgIpc) is 2.78. The van der Waals surface area contributed by atoms with E-state index in [-0.39, 0.29) is 12.1 Å². The van der Waals surface area contributed by atoms with Crippen LogP contribution in [-0.4, -0.2) is 51.5 Å². The van der Waals surface area contributed by atoms with Gasteiger partial charge in [-0.3, -0.25) is 0 Å². The number of benzene rings is 1. The van der Waals surface area contributed by atoms with Gasteiger partial charge in [0.15, 0.2) is 11.5 Å². The van der Waals surface area contributed by atoms with Gasteiger partial charge in [0.25, 0.3) is 0 Å². The molecule has 8 heteroatoms. The molecule has 2 aromatic rings. The molecule has 0 saturated carbocycles. The number of anilines is 1. The zero-order valence-electron chi connectivity index (χ0n) is 17.1. The molecule has 2 amide bonds. The molecule has 29 heavy (non-hydrogen) atoms. The SMILES string of the molecule is COc1ccc(C(C)NC(=O)NCc2cccnc2N2CCOCC2)cc1OC. The summed E-state index contributed by atoms with van der Waals surface area (Å²) < 4.78 is 16.0. The number of ether oxygens (including phenoxy) is 3. The number of hydrogen-bond donors (Lipinski definition) is 2. The first-order chi connectivity index (χ1) is 14.1. The van der Waals surface area contributed by atoms with Gasteiger partial charge in [-0.05, 0) is 30.7 Å². The van der Waals surface area contributed by atoms with Crippen LogP contribution < -0.4 is 25.0 Å². The second-order valence-electron chi connectivity index (χ2n) is 6.75. The van der Waals surface area contributed by atoms with Crippen LogP contribution in [0.2, 0.25) is 0 Å². The summed E-state index contributed by atoms with van der Waals surface area (Å²) in [5.41, 5.74) is 1.90. The summed E-state index contributed by atoms with van der Waals surface area (Å²) in [4.78, 5) is 19.1. The largest absolute Gasteiger partial charge is 0.493 e. The predicted molar refractivity (Wildman–Crippen MR) is 111 cm³/mol. The summed E-state index contributed by atoms with van der Waals surface area (Å²) >= 11 is 0. The first-order valence-electron chi connectivity index (χ1n) is 9.65. The summed E-state index contributed by atoms with van der Waals surface area (Å²) in [5, 5.41) is 5.88. The third-order valence-electron chi connectivity index (χ3n) is 4.87. The van der Waals surface area contributed by atoms with Crippen LogP contribution in [0, 0.1) is 0 Å². The van der Waals surface area contributed by atoms with E-state index in [2.05, 4.69) is 20.5 Å². The lowest BCUT2D eigenvalue weighted by Gasteiger charge is -2.29. The van der Waals surface area contributed by atoms with Crippen LogP contribution >= 0.6 is 0 Å². The summed E-state index contributed by atoms with van der Waals surface area (Å²) in [6, 6.07) is 9.02. The Kier molecular flexibility index (Phi) is 7.13. The fourth-order valence-electron chi connectivity index (χ4n) is 3.26. The number of aromatic nitrogens is 1. The Morgan fingerprint density at radius 3 is 2.69 bits per heavy atom. The zero-order chi connectivity index (χ0) is 20.6. The Hall–Kier alpha value is -3.00. The molecule has 0 spiro atoms. The number of hydrogen-bond acceptors (Lipinski definition) is 6. The van der Waals surface area contributed by atoms with Crippen molar-refractivity contribution in [3.63, 3.8) is 0 Å². The van der Waals surface area contributed by atoms with E-state index >= 15 is 0 Å². The number of nitrogens with one attached hydrogen (secondary N) is 2. The maximum absolute atomic E-state index is 12.4. The molecule has 1 aliphatic heterocycles. The van der Waals surface area contributed by atoms with Crippen molar-refractivity contribution in [1.82, 2.24) is 15.6 Å². The molecule has 1 aromatic heterocycles. The van der Waals surface area contributed by atoms with Crippen LogP contribution in [0.15, 0.2) is 36.5 Å². The van der Waals surface area contributed by atoms with Gasteiger partial charge < -0.3 is 29.7 Å². The molecule has 1 aromatic carbocycles. The number of rotatable bonds is 7. The summed E-state index contributed by atoms with van der Waals surface area (Å²) in [6.07, 6.45) is 1.77. The molecule has 8 nitrogen and oxygen atoms in total. The van der Waals surface area contributed by atoms with Gasteiger partial charge in [0.1, 0.15) is 5.82 Å². The lowest BCUT2D eigenvalue weighted by molar-refractivity contribution is 0.122. The molecule has 156 valence electrons. The number of nitrogens with zero attached hydrogens (tertiary/aromatic N) is 2. The average molecular weight is 400 g/mol. The van der Waals surface area contributed by atoms with Crippen LogP contribution in [-0.2, 0) is 11.3 Å². The molecule has 2 N–H and O–H groups in total. The van der Waals surface area contributed by atoms with Crippen molar-refractivity contribution in [2.75, 3.05) is 45.4 Å². The minimum atomic E-state index is -0.246. The molecule has 3 rings (SSSR count). The van der Waals surface area contributed by atoms with Gasteiger partial charge in [0, 0.05) is 31.4 Å². The highest BCUT2D eigenvalue weighted by molar-refractivity contribution is 5.74. The number of urea groups is 1. The van der Waals surface area contributed by atoms with E-state index in [1.165, 1.54) is 0 Å². The van der Waals surface area contributed by atoms with Crippen molar-refractivity contribution in [3.05, 3.63) is 47.7 Å². The number of pyridine rings is 1. The fourth-order valence-corrected chi connectivity index (χ4v) is 3.26. The standard InChI is InChI=1S/C21H28N4O4/c1-15(16-6-7-18(27-2)19(13-16)28-3)24-21(26)23-14-17-5-4-8-22-20(17)25-9-11-29-12-10-25/h4-8,13,15H,9-12,14H2,1-3H3,(H2,23,24,26). The second kappa shape index (κ2) is 9.97. The van der Waals surface area contributed by atoms with Crippen LogP contribution in [0.25, 0.3) is 0 Å². The van der Waals surface area contributed by atoms with Crippen molar-refractivity contribution < 1.29 is 19.0 Å². The van der Waals surface area contributed by atoms with E-state index in [0.717, 1.165) is 30.0 Å². The Labute approximate surface area is 171 Å². The van der Waals surface area contributed by atoms with Crippen molar-refractivity contribution >= 4 is 11.8 Å². The van der Waals surface area contributed by atoms with Crippen molar-refractivity contribution in [1.29, 1.82) is 0 Å². The van der Waals surface area contributed by atoms with Gasteiger partial charge in [-0.2, -0.15) is 0 Å². The molecule has 1 unspecified atom stereocenters. The molecule has 0 radical (unpaired) electrons. The van der Waals surface area contributed by atoms with E-state index in [9.17, 15) is 4.79 Å². The highest BCUT2D eigenvalue weighted by Gasteiger charge is 2.17. The quantitative estimate of drug-likeness (QED) is 0.743. The smallest absolute Gasteiger partial charge is 0.315 e. The Morgan fingerprint density at radius 2 is 1.97 bits per heavy atom. The van der Waals surface area contributed by atoms with Gasteiger partial charge in [0.2, 0.25) is 0 Å². The predicted octanol–water partition coefficient (Wildman–Crippen LogP) is 2.50. The van der Waals surface area contributed by atoms with Gasteiger partial charge in [0.05, 0.1) is 33.5 Å². The van der Waals surface area contributed by atoms with Gasteiger partial charge in [-0.25, -0.2) is 9.78 Å². The Balaban J connectivity index is 1.59. The van der Waals surface area contributed by atoms with Crippen molar-refractivity contribution in [2.45, 2.75) is 19.5 Å². The minimum Gasteiger partial charge on any atom is -0.493 e. The molecule has 1 fully saturated rings. The third kappa shape index (κ3) is 5.29. The van der Waals surface area contributed by atoms with Crippen LogP contribution in [0.4, 0.5) is 10.6 Å². The molecule has 0 aliphatic carbocycles. The number of carbonyl (C=O) groups excluding carboxylic acids is 1. The maximum atomic E-state index is 12.4. The summed E-state index contributed by atoms with van der Waals surface area (Å²) in [6.45, 7) is 5.29. The highest BCUT2D eigenvalue weighted by Crippen LogP contribution is 2.29. The summed E-state index contributed by atoms with van der Waals surface area (Å²) in [5.74, 6) is 2.17. The monoisotopic (exact) mass is 400 g/mol. The number of morpholine rings is 1. The molecule has 1 aliphatic rings. The number of carbonyl (C=O) groups is 1. The molecule has 1 saturated heterocycles. The third-order valence-corrected chi connectivity index (χ3v) is 4.87. The minimum absolute atomic E-state index is 0.192. The maximum Gasteiger partial charge on any atom is 0.315 e.